The van der Waals surface area contributed by atoms with E-state index in [-0.39, 0.29) is 15.2 Å². The maximum atomic E-state index is 13.2. The molecule has 0 saturated heterocycles. The third kappa shape index (κ3) is 3.78. The number of aromatic nitrogens is 1. The number of benzene rings is 2. The van der Waals surface area contributed by atoms with E-state index in [2.05, 4.69) is 4.98 Å². The van der Waals surface area contributed by atoms with Gasteiger partial charge in [-0.15, -0.1) is 11.3 Å². The van der Waals surface area contributed by atoms with Crippen LogP contribution < -0.4 is 0 Å². The van der Waals surface area contributed by atoms with E-state index in [9.17, 15) is 8.42 Å². The van der Waals surface area contributed by atoms with Crippen molar-refractivity contribution >= 4 is 32.9 Å². The molecule has 0 aliphatic rings. The molecule has 0 fully saturated rings. The average molecular weight is 428 g/mol. The Hall–Kier alpha value is -2.35. The van der Waals surface area contributed by atoms with Crippen LogP contribution in [0.15, 0.2) is 97.6 Å². The van der Waals surface area contributed by atoms with Gasteiger partial charge in [0, 0.05) is 5.25 Å². The van der Waals surface area contributed by atoms with E-state index >= 15 is 0 Å². The largest absolute Gasteiger partial charge is 0.427 e. The molecule has 0 aliphatic carbocycles. The Morgan fingerprint density at radius 2 is 1.64 bits per heavy atom. The second-order valence-electron chi connectivity index (χ2n) is 6.08. The average Bonchev–Trinajstić information content (AvgIpc) is 3.39. The van der Waals surface area contributed by atoms with Crippen LogP contribution in [0.3, 0.4) is 0 Å². The molecular formula is C21H17NO3S3. The van der Waals surface area contributed by atoms with Crippen molar-refractivity contribution < 1.29 is 12.8 Å². The van der Waals surface area contributed by atoms with Crippen LogP contribution in [0, 0.1) is 0 Å². The molecule has 4 nitrogen and oxygen atoms in total. The van der Waals surface area contributed by atoms with Crippen molar-refractivity contribution in [2.45, 2.75) is 27.2 Å². The lowest BCUT2D eigenvalue weighted by Gasteiger charge is -2.10. The standard InChI is InChI=1S/C21H17NO3S3/c1-15(16-9-4-2-5-10-16)27-21-20(22-19(25-21)18-13-8-14-26-18)28(23,24)17-11-6-3-7-12-17/h2-15H,1H3/t15-/m0/s1. The van der Waals surface area contributed by atoms with Gasteiger partial charge in [-0.2, -0.15) is 4.98 Å². The first-order valence-corrected chi connectivity index (χ1v) is 11.9. The van der Waals surface area contributed by atoms with Crippen LogP contribution in [0.2, 0.25) is 0 Å². The molecule has 4 rings (SSSR count). The van der Waals surface area contributed by atoms with Crippen LogP contribution in [0.25, 0.3) is 10.8 Å². The minimum absolute atomic E-state index is 0.00931. The Labute approximate surface area is 172 Å². The van der Waals surface area contributed by atoms with Gasteiger partial charge in [0.2, 0.25) is 25.8 Å². The Morgan fingerprint density at radius 1 is 0.964 bits per heavy atom. The monoisotopic (exact) mass is 427 g/mol. The quantitative estimate of drug-likeness (QED) is 0.349. The molecule has 1 atom stereocenters. The molecule has 0 unspecified atom stereocenters. The van der Waals surface area contributed by atoms with Crippen molar-refractivity contribution in [3.8, 4) is 10.8 Å². The zero-order chi connectivity index (χ0) is 19.6. The highest BCUT2D eigenvalue weighted by atomic mass is 32.2. The minimum Gasteiger partial charge on any atom is -0.427 e. The predicted molar refractivity (Wildman–Crippen MR) is 112 cm³/mol. The minimum atomic E-state index is -3.79. The molecule has 4 aromatic rings. The van der Waals surface area contributed by atoms with Crippen LogP contribution in [0.4, 0.5) is 0 Å². The second kappa shape index (κ2) is 7.95. The first-order valence-electron chi connectivity index (χ1n) is 8.62. The lowest BCUT2D eigenvalue weighted by atomic mass is 10.2. The SMILES string of the molecule is C[C@H](Sc1oc(-c2cccs2)nc1S(=O)(=O)c1ccccc1)c1ccccc1. The number of sulfone groups is 1. The third-order valence-electron chi connectivity index (χ3n) is 4.16. The maximum absolute atomic E-state index is 13.2. The fraction of sp³-hybridized carbons (Fsp3) is 0.0952. The Kier molecular flexibility index (Phi) is 5.39. The number of nitrogens with zero attached hydrogens (tertiary/aromatic N) is 1. The summed E-state index contributed by atoms with van der Waals surface area (Å²) in [4.78, 5) is 5.38. The van der Waals surface area contributed by atoms with Crippen molar-refractivity contribution in [2.24, 2.45) is 0 Å². The number of rotatable bonds is 6. The fourth-order valence-electron chi connectivity index (χ4n) is 2.71. The summed E-state index contributed by atoms with van der Waals surface area (Å²) in [6, 6.07) is 22.0. The summed E-state index contributed by atoms with van der Waals surface area (Å²) in [6.07, 6.45) is 0. The highest BCUT2D eigenvalue weighted by Gasteiger charge is 2.30. The van der Waals surface area contributed by atoms with Crippen LogP contribution >= 0.6 is 23.1 Å². The Balaban J connectivity index is 1.78. The number of hydrogen-bond donors (Lipinski definition) is 0. The highest BCUT2D eigenvalue weighted by molar-refractivity contribution is 8.00. The van der Waals surface area contributed by atoms with Crippen molar-refractivity contribution in [3.63, 3.8) is 0 Å². The van der Waals surface area contributed by atoms with E-state index in [4.69, 9.17) is 4.42 Å². The van der Waals surface area contributed by atoms with Gasteiger partial charge in [-0.25, -0.2) is 8.42 Å². The van der Waals surface area contributed by atoms with Crippen molar-refractivity contribution in [3.05, 3.63) is 83.7 Å². The fourth-order valence-corrected chi connectivity index (χ4v) is 5.92. The molecule has 28 heavy (non-hydrogen) atoms. The molecule has 2 aromatic carbocycles. The van der Waals surface area contributed by atoms with E-state index in [1.807, 2.05) is 54.8 Å². The second-order valence-corrected chi connectivity index (χ2v) is 10.2. The first kappa shape index (κ1) is 19.0. The van der Waals surface area contributed by atoms with Gasteiger partial charge in [0.15, 0.2) is 0 Å². The van der Waals surface area contributed by atoms with Gasteiger partial charge in [0.05, 0.1) is 9.77 Å². The number of thioether (sulfide) groups is 1. The molecule has 0 amide bonds. The van der Waals surface area contributed by atoms with E-state index in [1.54, 1.807) is 30.3 Å². The summed E-state index contributed by atoms with van der Waals surface area (Å²) in [5, 5.41) is 2.19. The molecule has 142 valence electrons. The number of thiophene rings is 1. The lowest BCUT2D eigenvalue weighted by molar-refractivity contribution is 0.470. The third-order valence-corrected chi connectivity index (χ3v) is 7.94. The lowest BCUT2D eigenvalue weighted by Crippen LogP contribution is -2.04. The van der Waals surface area contributed by atoms with Crippen LogP contribution in [0.5, 0.6) is 0 Å². The van der Waals surface area contributed by atoms with E-state index in [0.717, 1.165) is 10.4 Å². The van der Waals surface area contributed by atoms with Gasteiger partial charge in [-0.05, 0) is 36.1 Å². The smallest absolute Gasteiger partial charge is 0.238 e. The molecule has 0 spiro atoms. The normalized spacial score (nSPS) is 12.8. The zero-order valence-corrected chi connectivity index (χ0v) is 17.4. The summed E-state index contributed by atoms with van der Waals surface area (Å²) in [5.41, 5.74) is 1.09. The topological polar surface area (TPSA) is 60.2 Å². The van der Waals surface area contributed by atoms with Crippen LogP contribution in [0.1, 0.15) is 17.7 Å². The van der Waals surface area contributed by atoms with Gasteiger partial charge >= 0.3 is 0 Å². The van der Waals surface area contributed by atoms with Crippen LogP contribution in [-0.4, -0.2) is 13.4 Å². The van der Waals surface area contributed by atoms with E-state index < -0.39 is 9.84 Å². The molecule has 0 saturated carbocycles. The summed E-state index contributed by atoms with van der Waals surface area (Å²) >= 11 is 2.82. The Morgan fingerprint density at radius 3 is 2.29 bits per heavy atom. The summed E-state index contributed by atoms with van der Waals surface area (Å²) in [5.74, 6) is 0.326. The van der Waals surface area contributed by atoms with Gasteiger partial charge < -0.3 is 4.42 Å². The molecule has 7 heteroatoms. The number of hydrogen-bond acceptors (Lipinski definition) is 6. The molecule has 0 radical (unpaired) electrons. The molecule has 0 N–H and O–H groups in total. The molecule has 2 heterocycles. The Bertz CT molecular complexity index is 1150. The summed E-state index contributed by atoms with van der Waals surface area (Å²) < 4.78 is 32.4. The van der Waals surface area contributed by atoms with Crippen LogP contribution in [-0.2, 0) is 9.84 Å². The summed E-state index contributed by atoms with van der Waals surface area (Å²) in [7, 11) is -3.79. The van der Waals surface area contributed by atoms with Gasteiger partial charge in [0.1, 0.15) is 0 Å². The summed E-state index contributed by atoms with van der Waals surface area (Å²) in [6.45, 7) is 2.02. The van der Waals surface area contributed by atoms with Crippen molar-refractivity contribution in [1.29, 1.82) is 0 Å². The van der Waals surface area contributed by atoms with E-state index in [0.29, 0.717) is 11.0 Å². The molecular weight excluding hydrogens is 410 g/mol. The van der Waals surface area contributed by atoms with Crippen molar-refractivity contribution in [1.82, 2.24) is 4.98 Å². The van der Waals surface area contributed by atoms with Gasteiger partial charge in [-0.1, -0.05) is 66.4 Å². The predicted octanol–water partition coefficient (Wildman–Crippen LogP) is 6.09. The molecule has 2 aromatic heterocycles. The zero-order valence-electron chi connectivity index (χ0n) is 15.0. The van der Waals surface area contributed by atoms with Crippen molar-refractivity contribution in [2.75, 3.05) is 0 Å². The number of oxazole rings is 1. The maximum Gasteiger partial charge on any atom is 0.238 e. The van der Waals surface area contributed by atoms with Gasteiger partial charge in [-0.3, -0.25) is 0 Å². The van der Waals surface area contributed by atoms with E-state index in [1.165, 1.54) is 23.1 Å². The molecule has 0 bridgehead atoms. The molecule has 0 aliphatic heterocycles. The first-order chi connectivity index (χ1) is 13.6. The highest BCUT2D eigenvalue weighted by Crippen LogP contribution is 2.42. The van der Waals surface area contributed by atoms with Gasteiger partial charge in [0.25, 0.3) is 0 Å².